The lowest BCUT2D eigenvalue weighted by molar-refractivity contribution is 0.102. The summed E-state index contributed by atoms with van der Waals surface area (Å²) in [4.78, 5) is 25.1. The zero-order chi connectivity index (χ0) is 16.4. The number of carbonyl (C=O) groups excluding carboxylic acids is 1. The minimum absolute atomic E-state index is 0.238. The maximum absolute atomic E-state index is 12.5. The summed E-state index contributed by atoms with van der Waals surface area (Å²) in [6.45, 7) is 0. The minimum Gasteiger partial charge on any atom is -0.320 e. The van der Waals surface area contributed by atoms with Crippen LogP contribution >= 0.6 is 11.3 Å². The van der Waals surface area contributed by atoms with Crippen LogP contribution in [0.3, 0.4) is 0 Å². The number of hydrogen-bond donors (Lipinski definition) is 1. The molecule has 0 spiro atoms. The zero-order valence-electron chi connectivity index (χ0n) is 12.5. The van der Waals surface area contributed by atoms with E-state index in [2.05, 4.69) is 20.3 Å². The Morgan fingerprint density at radius 2 is 1.92 bits per heavy atom. The highest BCUT2D eigenvalue weighted by atomic mass is 32.1. The molecule has 0 aliphatic carbocycles. The predicted octanol–water partition coefficient (Wildman–Crippen LogP) is 4.01. The van der Waals surface area contributed by atoms with Crippen LogP contribution < -0.4 is 5.32 Å². The van der Waals surface area contributed by atoms with Crippen LogP contribution in [0.1, 0.15) is 10.5 Å². The van der Waals surface area contributed by atoms with Crippen LogP contribution in [-0.2, 0) is 0 Å². The molecule has 0 aliphatic rings. The number of nitrogens with one attached hydrogen (secondary N) is 1. The van der Waals surface area contributed by atoms with E-state index >= 15 is 0 Å². The molecule has 0 bridgehead atoms. The Kier molecular flexibility index (Phi) is 3.72. The molecule has 0 saturated heterocycles. The molecule has 4 aromatic rings. The van der Waals surface area contributed by atoms with Gasteiger partial charge in [0, 0.05) is 28.8 Å². The van der Waals surface area contributed by atoms with Crippen LogP contribution in [0.4, 0.5) is 5.69 Å². The number of hydrogen-bond acceptors (Lipinski definition) is 5. The number of thiazole rings is 1. The lowest BCUT2D eigenvalue weighted by Crippen LogP contribution is -2.12. The van der Waals surface area contributed by atoms with Crippen LogP contribution in [0.5, 0.6) is 0 Å². The number of carbonyl (C=O) groups is 1. The number of aromatic nitrogens is 3. The van der Waals surface area contributed by atoms with Crippen molar-refractivity contribution in [2.24, 2.45) is 0 Å². The SMILES string of the molecule is O=C(Nc1cccc2ccccc12)c1csc(-c2cnccn2)n1. The van der Waals surface area contributed by atoms with E-state index in [1.165, 1.54) is 11.3 Å². The standard InChI is InChI=1S/C18H12N4OS/c23-17(16-11-24-18(22-16)15-10-19-8-9-20-15)21-14-7-3-5-12-4-1-2-6-13(12)14/h1-11H,(H,21,23). The van der Waals surface area contributed by atoms with E-state index in [-0.39, 0.29) is 5.91 Å². The maximum Gasteiger partial charge on any atom is 0.275 e. The smallest absolute Gasteiger partial charge is 0.275 e. The first-order chi connectivity index (χ1) is 11.8. The molecule has 2 aromatic heterocycles. The fraction of sp³-hybridized carbons (Fsp3) is 0. The van der Waals surface area contributed by atoms with E-state index < -0.39 is 0 Å². The second kappa shape index (κ2) is 6.17. The van der Waals surface area contributed by atoms with Gasteiger partial charge in [-0.25, -0.2) is 4.98 Å². The summed E-state index contributed by atoms with van der Waals surface area (Å²) in [6, 6.07) is 13.7. The highest BCUT2D eigenvalue weighted by molar-refractivity contribution is 7.13. The van der Waals surface area contributed by atoms with Crippen molar-refractivity contribution in [3.8, 4) is 10.7 Å². The molecule has 116 valence electrons. The van der Waals surface area contributed by atoms with Gasteiger partial charge in [-0.3, -0.25) is 14.8 Å². The Morgan fingerprint density at radius 1 is 1.04 bits per heavy atom. The molecule has 1 N–H and O–H groups in total. The van der Waals surface area contributed by atoms with Crippen molar-refractivity contribution in [2.45, 2.75) is 0 Å². The van der Waals surface area contributed by atoms with Crippen molar-refractivity contribution in [2.75, 3.05) is 5.32 Å². The first-order valence-corrected chi connectivity index (χ1v) is 8.20. The van der Waals surface area contributed by atoms with Gasteiger partial charge in [0.15, 0.2) is 0 Å². The molecule has 0 fully saturated rings. The van der Waals surface area contributed by atoms with Gasteiger partial charge >= 0.3 is 0 Å². The summed E-state index contributed by atoms with van der Waals surface area (Å²) >= 11 is 1.37. The van der Waals surface area contributed by atoms with Crippen LogP contribution in [0, 0.1) is 0 Å². The normalized spacial score (nSPS) is 10.7. The third-order valence-corrected chi connectivity index (χ3v) is 4.42. The fourth-order valence-corrected chi connectivity index (χ4v) is 3.19. The Hall–Kier alpha value is -3.12. The Morgan fingerprint density at radius 3 is 2.79 bits per heavy atom. The van der Waals surface area contributed by atoms with E-state index in [0.717, 1.165) is 16.5 Å². The van der Waals surface area contributed by atoms with Crippen LogP contribution in [0.15, 0.2) is 66.4 Å². The molecule has 2 aromatic carbocycles. The van der Waals surface area contributed by atoms with Crippen molar-refractivity contribution >= 4 is 33.7 Å². The predicted molar refractivity (Wildman–Crippen MR) is 95.0 cm³/mol. The van der Waals surface area contributed by atoms with Crippen LogP contribution in [-0.4, -0.2) is 20.9 Å². The molecular weight excluding hydrogens is 320 g/mol. The number of amides is 1. The average molecular weight is 332 g/mol. The molecule has 6 heteroatoms. The number of fused-ring (bicyclic) bond motifs is 1. The van der Waals surface area contributed by atoms with E-state index in [9.17, 15) is 4.79 Å². The van der Waals surface area contributed by atoms with Crippen LogP contribution in [0.2, 0.25) is 0 Å². The quantitative estimate of drug-likeness (QED) is 0.615. The van der Waals surface area contributed by atoms with Crippen molar-refractivity contribution in [3.05, 3.63) is 72.1 Å². The van der Waals surface area contributed by atoms with Gasteiger partial charge in [-0.1, -0.05) is 36.4 Å². The second-order valence-corrected chi connectivity index (χ2v) is 5.97. The Balaban J connectivity index is 1.62. The Bertz CT molecular complexity index is 1010. The highest BCUT2D eigenvalue weighted by Gasteiger charge is 2.13. The van der Waals surface area contributed by atoms with Crippen molar-refractivity contribution in [1.82, 2.24) is 15.0 Å². The lowest BCUT2D eigenvalue weighted by atomic mass is 10.1. The molecule has 1 amide bonds. The highest BCUT2D eigenvalue weighted by Crippen LogP contribution is 2.25. The van der Waals surface area contributed by atoms with Gasteiger partial charge < -0.3 is 5.32 Å². The topological polar surface area (TPSA) is 67.8 Å². The number of benzene rings is 2. The van der Waals surface area contributed by atoms with Gasteiger partial charge in [-0.05, 0) is 11.5 Å². The zero-order valence-corrected chi connectivity index (χ0v) is 13.3. The summed E-state index contributed by atoms with van der Waals surface area (Å²) in [6.07, 6.45) is 4.84. The largest absolute Gasteiger partial charge is 0.320 e. The second-order valence-electron chi connectivity index (χ2n) is 5.11. The minimum atomic E-state index is -0.238. The molecule has 0 atom stereocenters. The van der Waals surface area contributed by atoms with Crippen LogP contribution in [0.25, 0.3) is 21.5 Å². The molecule has 5 nitrogen and oxygen atoms in total. The van der Waals surface area contributed by atoms with Crippen molar-refractivity contribution < 1.29 is 4.79 Å². The number of rotatable bonds is 3. The van der Waals surface area contributed by atoms with Gasteiger partial charge in [0.1, 0.15) is 16.4 Å². The van der Waals surface area contributed by atoms with Gasteiger partial charge in [0.05, 0.1) is 6.20 Å². The summed E-state index contributed by atoms with van der Waals surface area (Å²) < 4.78 is 0. The number of nitrogens with zero attached hydrogens (tertiary/aromatic N) is 3. The van der Waals surface area contributed by atoms with E-state index in [0.29, 0.717) is 16.4 Å². The molecule has 0 unspecified atom stereocenters. The van der Waals surface area contributed by atoms with E-state index in [1.54, 1.807) is 24.0 Å². The third-order valence-electron chi connectivity index (χ3n) is 3.56. The van der Waals surface area contributed by atoms with Crippen molar-refractivity contribution in [1.29, 1.82) is 0 Å². The molecule has 0 aliphatic heterocycles. The van der Waals surface area contributed by atoms with E-state index in [1.807, 2.05) is 42.5 Å². The molecule has 4 rings (SSSR count). The molecule has 0 radical (unpaired) electrons. The van der Waals surface area contributed by atoms with Gasteiger partial charge in [-0.15, -0.1) is 11.3 Å². The van der Waals surface area contributed by atoms with Gasteiger partial charge in [-0.2, -0.15) is 0 Å². The summed E-state index contributed by atoms with van der Waals surface area (Å²) in [5, 5.41) is 7.41. The summed E-state index contributed by atoms with van der Waals surface area (Å²) in [5.74, 6) is -0.238. The molecule has 24 heavy (non-hydrogen) atoms. The fourth-order valence-electron chi connectivity index (χ4n) is 2.43. The summed E-state index contributed by atoms with van der Waals surface area (Å²) in [7, 11) is 0. The lowest BCUT2D eigenvalue weighted by Gasteiger charge is -2.07. The molecule has 2 heterocycles. The first kappa shape index (κ1) is 14.5. The number of anilines is 1. The first-order valence-electron chi connectivity index (χ1n) is 7.32. The Labute approximate surface area is 142 Å². The van der Waals surface area contributed by atoms with E-state index in [4.69, 9.17) is 0 Å². The van der Waals surface area contributed by atoms with Gasteiger partial charge in [0.2, 0.25) is 0 Å². The van der Waals surface area contributed by atoms with Gasteiger partial charge in [0.25, 0.3) is 5.91 Å². The molecule has 0 saturated carbocycles. The molecular formula is C18H12N4OS. The average Bonchev–Trinajstić information content (AvgIpc) is 3.13. The third kappa shape index (κ3) is 2.75. The maximum atomic E-state index is 12.5. The monoisotopic (exact) mass is 332 g/mol. The van der Waals surface area contributed by atoms with Crippen molar-refractivity contribution in [3.63, 3.8) is 0 Å². The summed E-state index contributed by atoms with van der Waals surface area (Å²) in [5.41, 5.74) is 1.80.